The minimum atomic E-state index is -0.499. The van der Waals surface area contributed by atoms with Crippen LogP contribution in [-0.2, 0) is 6.54 Å². The highest BCUT2D eigenvalue weighted by Crippen LogP contribution is 2.25. The van der Waals surface area contributed by atoms with Crippen LogP contribution in [0.15, 0.2) is 42.5 Å². The van der Waals surface area contributed by atoms with E-state index in [0.717, 1.165) is 25.3 Å². The molecule has 0 aromatic heterocycles. The number of hydrogen-bond acceptors (Lipinski definition) is 5. The van der Waals surface area contributed by atoms with Crippen LogP contribution in [0.1, 0.15) is 24.0 Å². The first-order chi connectivity index (χ1) is 11.7. The van der Waals surface area contributed by atoms with Gasteiger partial charge in [0.05, 0.1) is 16.2 Å². The van der Waals surface area contributed by atoms with Gasteiger partial charge in [0, 0.05) is 24.4 Å². The number of benzene rings is 2. The van der Waals surface area contributed by atoms with Gasteiger partial charge in [0.15, 0.2) is 0 Å². The largest absolute Gasteiger partial charge is 0.354 e. The van der Waals surface area contributed by atoms with Gasteiger partial charge in [-0.05, 0) is 49.7 Å². The minimum Gasteiger partial charge on any atom is -0.354 e. The second kappa shape index (κ2) is 7.11. The Bertz CT molecular complexity index is 792. The third-order valence-electron chi connectivity index (χ3n) is 4.15. The van der Waals surface area contributed by atoms with Crippen LogP contribution >= 0.6 is 0 Å². The van der Waals surface area contributed by atoms with Crippen LogP contribution in [0.5, 0.6) is 0 Å². The Morgan fingerprint density at radius 2 is 2.00 bits per heavy atom. The van der Waals surface area contributed by atoms with Crippen LogP contribution in [0.4, 0.5) is 17.1 Å². The summed E-state index contributed by atoms with van der Waals surface area (Å²) in [4.78, 5) is 12.7. The average Bonchev–Trinajstić information content (AvgIpc) is 3.08. The number of nitrogens with one attached hydrogen (secondary N) is 1. The number of nitro benzene ring substituents is 1. The highest BCUT2D eigenvalue weighted by molar-refractivity contribution is 5.68. The monoisotopic (exact) mass is 322 g/mol. The summed E-state index contributed by atoms with van der Waals surface area (Å²) in [6, 6.07) is 14.3. The van der Waals surface area contributed by atoms with Crippen LogP contribution in [0.2, 0.25) is 0 Å². The third kappa shape index (κ3) is 3.70. The highest BCUT2D eigenvalue weighted by Gasteiger charge is 2.13. The van der Waals surface area contributed by atoms with Crippen LogP contribution in [0.25, 0.3) is 0 Å². The zero-order valence-corrected chi connectivity index (χ0v) is 13.2. The van der Waals surface area contributed by atoms with E-state index < -0.39 is 4.92 Å². The topological polar surface area (TPSA) is 82.2 Å². The van der Waals surface area contributed by atoms with Crippen molar-refractivity contribution in [2.75, 3.05) is 18.4 Å². The molecule has 1 aliphatic heterocycles. The number of hydrogen-bond donors (Lipinski definition) is 1. The average molecular weight is 322 g/mol. The Labute approximate surface area is 140 Å². The molecule has 6 heteroatoms. The SMILES string of the molecule is N#Cc1cc([N+](=O)[O-])ccc1Nc1cccc(CN2CCCC2)c1. The number of nitriles is 1. The van der Waals surface area contributed by atoms with Gasteiger partial charge in [-0.25, -0.2) is 0 Å². The molecule has 1 fully saturated rings. The third-order valence-corrected chi connectivity index (χ3v) is 4.15. The van der Waals surface area contributed by atoms with Crippen molar-refractivity contribution in [1.29, 1.82) is 5.26 Å². The van der Waals surface area contributed by atoms with Crippen LogP contribution < -0.4 is 5.32 Å². The summed E-state index contributed by atoms with van der Waals surface area (Å²) in [7, 11) is 0. The zero-order valence-electron chi connectivity index (χ0n) is 13.2. The van der Waals surface area contributed by atoms with Gasteiger partial charge in [-0.3, -0.25) is 15.0 Å². The highest BCUT2D eigenvalue weighted by atomic mass is 16.6. The molecule has 0 radical (unpaired) electrons. The van der Waals surface area contributed by atoms with Crippen molar-refractivity contribution >= 4 is 17.1 Å². The number of nitro groups is 1. The number of rotatable bonds is 5. The first kappa shape index (κ1) is 16.0. The van der Waals surface area contributed by atoms with Crippen LogP contribution in [0, 0.1) is 21.4 Å². The molecule has 0 spiro atoms. The van der Waals surface area contributed by atoms with Crippen molar-refractivity contribution in [1.82, 2.24) is 4.90 Å². The number of non-ortho nitro benzene ring substituents is 1. The van der Waals surface area contributed by atoms with Crippen molar-refractivity contribution < 1.29 is 4.92 Å². The molecule has 1 N–H and O–H groups in total. The Balaban J connectivity index is 1.78. The summed E-state index contributed by atoms with van der Waals surface area (Å²) >= 11 is 0. The minimum absolute atomic E-state index is 0.0834. The molecule has 0 saturated carbocycles. The summed E-state index contributed by atoms with van der Waals surface area (Å²) in [5, 5.41) is 23.2. The lowest BCUT2D eigenvalue weighted by molar-refractivity contribution is -0.384. The molecule has 0 bridgehead atoms. The summed E-state index contributed by atoms with van der Waals surface area (Å²) < 4.78 is 0. The van der Waals surface area contributed by atoms with E-state index in [1.54, 1.807) is 6.07 Å². The van der Waals surface area contributed by atoms with Crippen LogP contribution in [0.3, 0.4) is 0 Å². The number of likely N-dealkylation sites (tertiary alicyclic amines) is 1. The molecule has 0 atom stereocenters. The molecule has 2 aromatic carbocycles. The van der Waals surface area contributed by atoms with Gasteiger partial charge in [0.1, 0.15) is 6.07 Å². The molecule has 1 aliphatic rings. The lowest BCUT2D eigenvalue weighted by atomic mass is 10.1. The van der Waals surface area contributed by atoms with E-state index in [9.17, 15) is 15.4 Å². The molecule has 6 nitrogen and oxygen atoms in total. The van der Waals surface area contributed by atoms with Gasteiger partial charge in [0.2, 0.25) is 0 Å². The van der Waals surface area contributed by atoms with Crippen LogP contribution in [-0.4, -0.2) is 22.9 Å². The normalized spacial score (nSPS) is 14.3. The van der Waals surface area contributed by atoms with Crippen molar-refractivity contribution in [2.45, 2.75) is 19.4 Å². The lowest BCUT2D eigenvalue weighted by Crippen LogP contribution is -2.18. The number of nitrogens with zero attached hydrogens (tertiary/aromatic N) is 3. The van der Waals surface area contributed by atoms with E-state index >= 15 is 0 Å². The van der Waals surface area contributed by atoms with E-state index in [2.05, 4.69) is 22.3 Å². The maximum atomic E-state index is 10.8. The first-order valence-corrected chi connectivity index (χ1v) is 7.92. The van der Waals surface area contributed by atoms with Crippen molar-refractivity contribution in [3.8, 4) is 6.07 Å². The van der Waals surface area contributed by atoms with Gasteiger partial charge in [-0.2, -0.15) is 5.26 Å². The molecule has 24 heavy (non-hydrogen) atoms. The second-order valence-electron chi connectivity index (χ2n) is 5.91. The summed E-state index contributed by atoms with van der Waals surface area (Å²) in [6.45, 7) is 3.19. The lowest BCUT2D eigenvalue weighted by Gasteiger charge is -2.15. The van der Waals surface area contributed by atoms with Gasteiger partial charge >= 0.3 is 0 Å². The Hall–Kier alpha value is -2.91. The van der Waals surface area contributed by atoms with Crippen molar-refractivity contribution in [2.24, 2.45) is 0 Å². The maximum Gasteiger partial charge on any atom is 0.270 e. The fourth-order valence-electron chi connectivity index (χ4n) is 2.95. The van der Waals surface area contributed by atoms with Crippen molar-refractivity contribution in [3.63, 3.8) is 0 Å². The van der Waals surface area contributed by atoms with E-state index in [1.807, 2.05) is 18.2 Å². The van der Waals surface area contributed by atoms with Gasteiger partial charge in [-0.15, -0.1) is 0 Å². The zero-order chi connectivity index (χ0) is 16.9. The number of anilines is 2. The molecule has 122 valence electrons. The Morgan fingerprint density at radius 3 is 2.71 bits per heavy atom. The molecule has 3 rings (SSSR count). The standard InChI is InChI=1S/C18H18N4O2/c19-12-15-11-17(22(23)24)6-7-18(15)20-16-5-3-4-14(10-16)13-21-8-1-2-9-21/h3-7,10-11,20H,1-2,8-9,13H2. The summed E-state index contributed by atoms with van der Waals surface area (Å²) in [6.07, 6.45) is 2.51. The quantitative estimate of drug-likeness (QED) is 0.668. The van der Waals surface area contributed by atoms with Gasteiger partial charge < -0.3 is 5.32 Å². The first-order valence-electron chi connectivity index (χ1n) is 7.92. The fourth-order valence-corrected chi connectivity index (χ4v) is 2.95. The van der Waals surface area contributed by atoms with E-state index in [0.29, 0.717) is 5.69 Å². The molecular weight excluding hydrogens is 304 g/mol. The summed E-state index contributed by atoms with van der Waals surface area (Å²) in [5.74, 6) is 0. The molecule has 0 unspecified atom stereocenters. The molecule has 1 heterocycles. The molecular formula is C18H18N4O2. The van der Waals surface area contributed by atoms with E-state index in [1.165, 1.54) is 30.5 Å². The van der Waals surface area contributed by atoms with Gasteiger partial charge in [-0.1, -0.05) is 12.1 Å². The Morgan fingerprint density at radius 1 is 1.21 bits per heavy atom. The molecule has 2 aromatic rings. The van der Waals surface area contributed by atoms with E-state index in [4.69, 9.17) is 0 Å². The molecule has 0 amide bonds. The maximum absolute atomic E-state index is 10.8. The predicted octanol–water partition coefficient (Wildman–Crippen LogP) is 3.81. The fraction of sp³-hybridized carbons (Fsp3) is 0.278. The molecule has 0 aliphatic carbocycles. The summed E-state index contributed by atoms with van der Waals surface area (Å²) in [5.41, 5.74) is 2.83. The van der Waals surface area contributed by atoms with E-state index in [-0.39, 0.29) is 11.3 Å². The van der Waals surface area contributed by atoms with Crippen molar-refractivity contribution in [3.05, 3.63) is 63.7 Å². The second-order valence-corrected chi connectivity index (χ2v) is 5.91. The van der Waals surface area contributed by atoms with Gasteiger partial charge in [0.25, 0.3) is 5.69 Å². The molecule has 1 saturated heterocycles. The smallest absolute Gasteiger partial charge is 0.270 e. The Kier molecular flexibility index (Phi) is 4.73. The predicted molar refractivity (Wildman–Crippen MR) is 92.0 cm³/mol.